The van der Waals surface area contributed by atoms with Crippen LogP contribution < -0.4 is 5.32 Å². The van der Waals surface area contributed by atoms with Gasteiger partial charge >= 0.3 is 0 Å². The molecule has 2 rings (SSSR count). The first kappa shape index (κ1) is 14.3. The van der Waals surface area contributed by atoms with E-state index in [9.17, 15) is 4.39 Å². The highest BCUT2D eigenvalue weighted by Crippen LogP contribution is 2.30. The molecule has 0 amide bonds. The van der Waals surface area contributed by atoms with Crippen LogP contribution in [0.3, 0.4) is 0 Å². The maximum Gasteiger partial charge on any atom is 0.135 e. The van der Waals surface area contributed by atoms with E-state index in [2.05, 4.69) is 35.1 Å². The molecule has 1 aromatic carbocycles. The van der Waals surface area contributed by atoms with Gasteiger partial charge in [0.25, 0.3) is 0 Å². The molecule has 0 bridgehead atoms. The number of rotatable bonds is 5. The summed E-state index contributed by atoms with van der Waals surface area (Å²) in [7, 11) is 0. The van der Waals surface area contributed by atoms with Crippen molar-refractivity contribution < 1.29 is 8.81 Å². The smallest absolute Gasteiger partial charge is 0.135 e. The van der Waals surface area contributed by atoms with Gasteiger partial charge < -0.3 is 9.73 Å². The minimum atomic E-state index is -0.261. The van der Waals surface area contributed by atoms with Crippen LogP contribution in [0.15, 0.2) is 39.2 Å². The largest absolute Gasteiger partial charge is 0.461 e. The monoisotopic (exact) mass is 325 g/mol. The van der Waals surface area contributed by atoms with Gasteiger partial charge in [0, 0.05) is 22.5 Å². The van der Waals surface area contributed by atoms with E-state index in [1.54, 1.807) is 6.07 Å². The molecule has 1 aromatic heterocycles. The lowest BCUT2D eigenvalue weighted by atomic mass is 10.2. The van der Waals surface area contributed by atoms with Crippen molar-refractivity contribution in [1.29, 1.82) is 0 Å². The Balaban J connectivity index is 2.16. The van der Waals surface area contributed by atoms with Crippen molar-refractivity contribution in [2.24, 2.45) is 0 Å². The third-order valence-corrected chi connectivity index (χ3v) is 3.57. The van der Waals surface area contributed by atoms with Gasteiger partial charge in [0.05, 0.1) is 0 Å². The molecule has 0 aliphatic carbocycles. The van der Waals surface area contributed by atoms with E-state index in [4.69, 9.17) is 4.42 Å². The van der Waals surface area contributed by atoms with Crippen LogP contribution in [0.1, 0.15) is 19.6 Å². The van der Waals surface area contributed by atoms with E-state index in [1.807, 2.05) is 12.1 Å². The van der Waals surface area contributed by atoms with Crippen molar-refractivity contribution in [2.75, 3.05) is 6.54 Å². The summed E-state index contributed by atoms with van der Waals surface area (Å²) in [5.41, 5.74) is 0.865. The fourth-order valence-electron chi connectivity index (χ4n) is 2.04. The predicted molar refractivity (Wildman–Crippen MR) is 78.6 cm³/mol. The molecular formula is C15H17BrFNO. The molecule has 1 heterocycles. The molecule has 0 spiro atoms. The average molecular weight is 326 g/mol. The summed E-state index contributed by atoms with van der Waals surface area (Å²) in [5, 5.41) is 3.34. The van der Waals surface area contributed by atoms with Crippen LogP contribution in [-0.2, 0) is 6.42 Å². The van der Waals surface area contributed by atoms with Crippen LogP contribution in [0.4, 0.5) is 4.39 Å². The summed E-state index contributed by atoms with van der Waals surface area (Å²) in [5.74, 6) is 1.42. The Labute approximate surface area is 121 Å². The first-order valence-corrected chi connectivity index (χ1v) is 7.17. The summed E-state index contributed by atoms with van der Waals surface area (Å²) in [6.45, 7) is 5.15. The maximum atomic E-state index is 13.1. The van der Waals surface area contributed by atoms with Crippen LogP contribution in [0.2, 0.25) is 0 Å². The summed E-state index contributed by atoms with van der Waals surface area (Å²) >= 11 is 3.36. The first-order chi connectivity index (χ1) is 9.10. The molecule has 1 unspecified atom stereocenters. The molecule has 19 heavy (non-hydrogen) atoms. The average Bonchev–Trinajstić information content (AvgIpc) is 2.77. The number of nitrogens with one attached hydrogen (secondary N) is 1. The van der Waals surface area contributed by atoms with Crippen molar-refractivity contribution in [3.05, 3.63) is 46.4 Å². The third kappa shape index (κ3) is 3.67. The number of likely N-dealkylation sites (N-methyl/N-ethyl adjacent to an activating group) is 1. The zero-order valence-electron chi connectivity index (χ0n) is 11.0. The number of benzene rings is 1. The molecule has 4 heteroatoms. The molecule has 1 atom stereocenters. The van der Waals surface area contributed by atoms with Crippen molar-refractivity contribution in [3.63, 3.8) is 0 Å². The molecule has 1 N–H and O–H groups in total. The van der Waals surface area contributed by atoms with Gasteiger partial charge in [-0.3, -0.25) is 0 Å². The van der Waals surface area contributed by atoms with Crippen molar-refractivity contribution in [1.82, 2.24) is 5.32 Å². The lowest BCUT2D eigenvalue weighted by molar-refractivity contribution is 0.470. The standard InChI is InChI=1S/C15H17BrFNO/c1-3-18-10(2)8-12-5-7-15(19-12)13-6-4-11(17)9-14(13)16/h4-7,9-10,18H,3,8H2,1-2H3. The van der Waals surface area contributed by atoms with Crippen molar-refractivity contribution in [2.45, 2.75) is 26.3 Å². The highest BCUT2D eigenvalue weighted by molar-refractivity contribution is 9.10. The molecule has 0 aliphatic rings. The minimum Gasteiger partial charge on any atom is -0.461 e. The van der Waals surface area contributed by atoms with Crippen LogP contribution >= 0.6 is 15.9 Å². The quantitative estimate of drug-likeness (QED) is 0.882. The van der Waals surface area contributed by atoms with Crippen molar-refractivity contribution in [3.8, 4) is 11.3 Å². The normalized spacial score (nSPS) is 12.6. The molecule has 0 radical (unpaired) electrons. The fraction of sp³-hybridized carbons (Fsp3) is 0.333. The molecule has 0 saturated heterocycles. The molecule has 0 fully saturated rings. The van der Waals surface area contributed by atoms with Gasteiger partial charge in [-0.2, -0.15) is 0 Å². The Morgan fingerprint density at radius 2 is 2.11 bits per heavy atom. The lowest BCUT2D eigenvalue weighted by Crippen LogP contribution is -2.27. The van der Waals surface area contributed by atoms with E-state index in [0.29, 0.717) is 10.5 Å². The Kier molecular flexibility index (Phi) is 4.77. The van der Waals surface area contributed by atoms with Gasteiger partial charge in [-0.25, -0.2) is 4.39 Å². The Bertz CT molecular complexity index is 553. The highest BCUT2D eigenvalue weighted by atomic mass is 79.9. The van der Waals surface area contributed by atoms with E-state index in [-0.39, 0.29) is 5.82 Å². The molecular weight excluding hydrogens is 309 g/mol. The van der Waals surface area contributed by atoms with E-state index in [0.717, 1.165) is 30.0 Å². The van der Waals surface area contributed by atoms with E-state index in [1.165, 1.54) is 12.1 Å². The number of hydrogen-bond donors (Lipinski definition) is 1. The number of hydrogen-bond acceptors (Lipinski definition) is 2. The van der Waals surface area contributed by atoms with Crippen molar-refractivity contribution >= 4 is 15.9 Å². The van der Waals surface area contributed by atoms with Crippen LogP contribution in [0.25, 0.3) is 11.3 Å². The maximum absolute atomic E-state index is 13.1. The molecule has 102 valence electrons. The lowest BCUT2D eigenvalue weighted by Gasteiger charge is -2.09. The summed E-state index contributed by atoms with van der Waals surface area (Å²) in [6, 6.07) is 8.86. The summed E-state index contributed by atoms with van der Waals surface area (Å²) < 4.78 is 19.6. The SMILES string of the molecule is CCNC(C)Cc1ccc(-c2ccc(F)cc2Br)o1. The predicted octanol–water partition coefficient (Wildman–Crippen LogP) is 4.39. The van der Waals surface area contributed by atoms with E-state index < -0.39 is 0 Å². The zero-order valence-corrected chi connectivity index (χ0v) is 12.6. The molecule has 0 aliphatic heterocycles. The molecule has 0 saturated carbocycles. The third-order valence-electron chi connectivity index (χ3n) is 2.92. The van der Waals surface area contributed by atoms with E-state index >= 15 is 0 Å². The van der Waals surface area contributed by atoms with Crippen LogP contribution in [-0.4, -0.2) is 12.6 Å². The van der Waals surface area contributed by atoms with Crippen LogP contribution in [0, 0.1) is 5.82 Å². The minimum absolute atomic E-state index is 0.261. The van der Waals surface area contributed by atoms with Gasteiger partial charge in [0.1, 0.15) is 17.3 Å². The highest BCUT2D eigenvalue weighted by Gasteiger charge is 2.11. The first-order valence-electron chi connectivity index (χ1n) is 6.37. The number of halogens is 2. The summed E-state index contributed by atoms with van der Waals surface area (Å²) in [6.07, 6.45) is 0.840. The second-order valence-corrected chi connectivity index (χ2v) is 5.41. The van der Waals surface area contributed by atoms with Gasteiger partial charge in [-0.15, -0.1) is 0 Å². The topological polar surface area (TPSA) is 25.2 Å². The number of furan rings is 1. The second kappa shape index (κ2) is 6.35. The van der Waals surface area contributed by atoms with Gasteiger partial charge in [-0.1, -0.05) is 6.92 Å². The van der Waals surface area contributed by atoms with Gasteiger partial charge in [0.15, 0.2) is 0 Å². The van der Waals surface area contributed by atoms with Crippen LogP contribution in [0.5, 0.6) is 0 Å². The molecule has 2 aromatic rings. The van der Waals surface area contributed by atoms with Gasteiger partial charge in [-0.05, 0) is 59.7 Å². The Hall–Kier alpha value is -1.13. The van der Waals surface area contributed by atoms with Gasteiger partial charge in [0.2, 0.25) is 0 Å². The molecule has 2 nitrogen and oxygen atoms in total. The Morgan fingerprint density at radius 3 is 2.79 bits per heavy atom. The second-order valence-electron chi connectivity index (χ2n) is 4.55. The Morgan fingerprint density at radius 1 is 1.32 bits per heavy atom. The zero-order chi connectivity index (χ0) is 13.8. The summed E-state index contributed by atoms with van der Waals surface area (Å²) in [4.78, 5) is 0. The fourth-order valence-corrected chi connectivity index (χ4v) is 2.59.